The summed E-state index contributed by atoms with van der Waals surface area (Å²) in [4.78, 5) is 16.8. The maximum atomic E-state index is 14.2. The lowest BCUT2D eigenvalue weighted by Gasteiger charge is -2.26. The Morgan fingerprint density at radius 1 is 1.26 bits per heavy atom. The number of amidine groups is 1. The van der Waals surface area contributed by atoms with Crippen LogP contribution in [-0.4, -0.2) is 29.9 Å². The smallest absolute Gasteiger partial charge is 0.248 e. The molecular weight excluding hydrogens is 387 g/mol. The van der Waals surface area contributed by atoms with Gasteiger partial charge in [0.2, 0.25) is 5.91 Å². The van der Waals surface area contributed by atoms with E-state index in [1.807, 2.05) is 30.3 Å². The van der Waals surface area contributed by atoms with Crippen molar-refractivity contribution < 1.29 is 9.18 Å². The van der Waals surface area contributed by atoms with Gasteiger partial charge in [-0.2, -0.15) is 0 Å². The number of hydrogen-bond acceptors (Lipinski definition) is 5. The topological polar surface area (TPSA) is 56.7 Å². The van der Waals surface area contributed by atoms with Crippen molar-refractivity contribution in [2.45, 2.75) is 13.0 Å². The normalized spacial score (nSPS) is 13.5. The number of hydrazine groups is 1. The Hall–Kier alpha value is -2.25. The minimum Gasteiger partial charge on any atom is -0.365 e. The molecule has 1 aliphatic rings. The number of anilines is 1. The van der Waals surface area contributed by atoms with Gasteiger partial charge in [-0.3, -0.25) is 20.2 Å². The number of benzene rings is 2. The van der Waals surface area contributed by atoms with Crippen LogP contribution in [0.4, 0.5) is 10.1 Å². The van der Waals surface area contributed by atoms with Gasteiger partial charge in [-0.1, -0.05) is 47.6 Å². The fourth-order valence-electron chi connectivity index (χ4n) is 2.57. The molecule has 0 radical (unpaired) electrons. The van der Waals surface area contributed by atoms with Crippen molar-refractivity contribution in [3.8, 4) is 0 Å². The number of aliphatic imine (C=N–C) groups is 1. The quantitative estimate of drug-likeness (QED) is 0.720. The summed E-state index contributed by atoms with van der Waals surface area (Å²) in [5, 5.41) is 5.86. The molecule has 0 atom stereocenters. The lowest BCUT2D eigenvalue weighted by Crippen LogP contribution is -2.43. The average Bonchev–Trinajstić information content (AvgIpc) is 2.70. The van der Waals surface area contributed by atoms with Gasteiger partial charge in [-0.15, -0.1) is 0 Å². The zero-order chi connectivity index (χ0) is 19.1. The van der Waals surface area contributed by atoms with Crippen LogP contribution in [0.1, 0.15) is 12.0 Å². The summed E-state index contributed by atoms with van der Waals surface area (Å²) in [5.41, 5.74) is 3.91. The lowest BCUT2D eigenvalue weighted by atomic mass is 10.2. The summed E-state index contributed by atoms with van der Waals surface area (Å²) in [6.45, 7) is 1.76. The van der Waals surface area contributed by atoms with Crippen molar-refractivity contribution >= 4 is 40.1 Å². The zero-order valence-electron chi connectivity index (χ0n) is 14.6. The van der Waals surface area contributed by atoms with Crippen molar-refractivity contribution in [2.24, 2.45) is 4.99 Å². The molecule has 8 heteroatoms. The lowest BCUT2D eigenvalue weighted by molar-refractivity contribution is -0.118. The first kappa shape index (κ1) is 19.5. The number of halogens is 2. The molecule has 2 aromatic carbocycles. The Morgan fingerprint density at radius 3 is 2.78 bits per heavy atom. The van der Waals surface area contributed by atoms with E-state index in [4.69, 9.17) is 11.6 Å². The SMILES string of the molecule is O=C(CSC1=NCCCN1)NN(Cc1c(F)cccc1Cl)c1ccccc1. The highest BCUT2D eigenvalue weighted by molar-refractivity contribution is 8.14. The zero-order valence-corrected chi connectivity index (χ0v) is 16.2. The van der Waals surface area contributed by atoms with E-state index >= 15 is 0 Å². The maximum absolute atomic E-state index is 14.2. The number of hydrogen-bond donors (Lipinski definition) is 2. The summed E-state index contributed by atoms with van der Waals surface area (Å²) in [6, 6.07) is 13.8. The molecule has 5 nitrogen and oxygen atoms in total. The number of para-hydroxylation sites is 1. The summed E-state index contributed by atoms with van der Waals surface area (Å²) in [5.74, 6) is -0.403. The van der Waals surface area contributed by atoms with Gasteiger partial charge in [0.15, 0.2) is 5.17 Å². The van der Waals surface area contributed by atoms with E-state index in [2.05, 4.69) is 15.7 Å². The fraction of sp³-hybridized carbons (Fsp3) is 0.263. The number of carbonyl (C=O) groups is 1. The van der Waals surface area contributed by atoms with Gasteiger partial charge in [-0.05, 0) is 30.7 Å². The third kappa shape index (κ3) is 5.61. The van der Waals surface area contributed by atoms with E-state index in [-0.39, 0.29) is 18.2 Å². The van der Waals surface area contributed by atoms with Gasteiger partial charge in [-0.25, -0.2) is 4.39 Å². The molecule has 3 rings (SSSR count). The second-order valence-electron chi connectivity index (χ2n) is 5.91. The molecule has 0 unspecified atom stereocenters. The van der Waals surface area contributed by atoms with Crippen LogP contribution in [0.3, 0.4) is 0 Å². The Balaban J connectivity index is 1.70. The van der Waals surface area contributed by atoms with Crippen LogP contribution in [0.2, 0.25) is 5.02 Å². The predicted molar refractivity (Wildman–Crippen MR) is 110 cm³/mol. The molecule has 0 spiro atoms. The molecule has 1 aliphatic heterocycles. The summed E-state index contributed by atoms with van der Waals surface area (Å²) < 4.78 is 14.2. The molecule has 0 aromatic heterocycles. The second-order valence-corrected chi connectivity index (χ2v) is 7.28. The molecule has 0 saturated heterocycles. The molecular formula is C19H20ClFN4OS. The summed E-state index contributed by atoms with van der Waals surface area (Å²) >= 11 is 7.51. The molecule has 1 amide bonds. The average molecular weight is 407 g/mol. The van der Waals surface area contributed by atoms with Gasteiger partial charge in [0.1, 0.15) is 5.82 Å². The van der Waals surface area contributed by atoms with Gasteiger partial charge in [0.05, 0.1) is 18.0 Å². The number of carbonyl (C=O) groups excluding carboxylic acids is 1. The van der Waals surface area contributed by atoms with Crippen LogP contribution in [0.25, 0.3) is 0 Å². The molecule has 0 fully saturated rings. The Morgan fingerprint density at radius 2 is 2.07 bits per heavy atom. The van der Waals surface area contributed by atoms with Crippen molar-refractivity contribution in [1.29, 1.82) is 0 Å². The number of amides is 1. The molecule has 0 aliphatic carbocycles. The van der Waals surface area contributed by atoms with E-state index < -0.39 is 5.82 Å². The first-order chi connectivity index (χ1) is 13.1. The fourth-order valence-corrected chi connectivity index (χ4v) is 3.51. The van der Waals surface area contributed by atoms with Crippen LogP contribution >= 0.6 is 23.4 Å². The van der Waals surface area contributed by atoms with E-state index in [1.165, 1.54) is 17.8 Å². The number of thioether (sulfide) groups is 1. The van der Waals surface area contributed by atoms with Crippen molar-refractivity contribution in [2.75, 3.05) is 23.9 Å². The molecule has 1 heterocycles. The van der Waals surface area contributed by atoms with Crippen LogP contribution in [0, 0.1) is 5.82 Å². The number of nitrogens with zero attached hydrogens (tertiary/aromatic N) is 2. The molecule has 2 aromatic rings. The Bertz CT molecular complexity index is 798. The first-order valence-corrected chi connectivity index (χ1v) is 9.96. The van der Waals surface area contributed by atoms with E-state index in [0.29, 0.717) is 10.6 Å². The minimum absolute atomic E-state index is 0.116. The Kier molecular flexibility index (Phi) is 6.95. The highest BCUT2D eigenvalue weighted by Gasteiger charge is 2.16. The highest BCUT2D eigenvalue weighted by Crippen LogP contribution is 2.23. The van der Waals surface area contributed by atoms with Gasteiger partial charge < -0.3 is 5.32 Å². The largest absolute Gasteiger partial charge is 0.365 e. The third-order valence-corrected chi connectivity index (χ3v) is 5.22. The van der Waals surface area contributed by atoms with Crippen molar-refractivity contribution in [3.63, 3.8) is 0 Å². The standard InChI is InChI=1S/C19H20ClFN4OS/c20-16-8-4-9-17(21)15(16)12-25(14-6-2-1-3-7-14)24-18(26)13-27-19-22-10-5-11-23-19/h1-4,6-9H,5,10-13H2,(H,22,23)(H,24,26). The first-order valence-electron chi connectivity index (χ1n) is 8.59. The van der Waals surface area contributed by atoms with Crippen LogP contribution in [0.15, 0.2) is 53.5 Å². The van der Waals surface area contributed by atoms with E-state index in [0.717, 1.165) is 30.4 Å². The summed E-state index contributed by atoms with van der Waals surface area (Å²) in [6.07, 6.45) is 1.00. The van der Waals surface area contributed by atoms with Crippen LogP contribution in [-0.2, 0) is 11.3 Å². The van der Waals surface area contributed by atoms with Gasteiger partial charge in [0, 0.05) is 23.7 Å². The van der Waals surface area contributed by atoms with E-state index in [1.54, 1.807) is 17.1 Å². The molecule has 2 N–H and O–H groups in total. The number of rotatable bonds is 6. The number of nitrogens with one attached hydrogen (secondary N) is 2. The second kappa shape index (κ2) is 9.62. The molecule has 142 valence electrons. The predicted octanol–water partition coefficient (Wildman–Crippen LogP) is 3.60. The monoisotopic (exact) mass is 406 g/mol. The van der Waals surface area contributed by atoms with Crippen LogP contribution < -0.4 is 15.8 Å². The van der Waals surface area contributed by atoms with Crippen molar-refractivity contribution in [1.82, 2.24) is 10.7 Å². The highest BCUT2D eigenvalue weighted by atomic mass is 35.5. The van der Waals surface area contributed by atoms with Gasteiger partial charge in [0.25, 0.3) is 0 Å². The van der Waals surface area contributed by atoms with Gasteiger partial charge >= 0.3 is 0 Å². The van der Waals surface area contributed by atoms with Crippen LogP contribution in [0.5, 0.6) is 0 Å². The summed E-state index contributed by atoms with van der Waals surface area (Å²) in [7, 11) is 0. The van der Waals surface area contributed by atoms with E-state index in [9.17, 15) is 9.18 Å². The third-order valence-electron chi connectivity index (χ3n) is 3.91. The maximum Gasteiger partial charge on any atom is 0.248 e. The minimum atomic E-state index is -0.409. The molecule has 0 saturated carbocycles. The molecule has 0 bridgehead atoms. The van der Waals surface area contributed by atoms with Crippen molar-refractivity contribution in [3.05, 3.63) is 64.9 Å². The molecule has 27 heavy (non-hydrogen) atoms. The Labute approximate surface area is 167 Å².